The normalized spacial score (nSPS) is 24.0. The van der Waals surface area contributed by atoms with Gasteiger partial charge in [0.2, 0.25) is 0 Å². The fraction of sp³-hybridized carbons (Fsp3) is 0.538. The third-order valence-corrected chi connectivity index (χ3v) is 5.24. The molecule has 5 heteroatoms. The standard InChI is InChI=1S/C13H17NO2S.Y/c1-8-7-10-6-5-9-3-2-4-11(12(9)10)13(8)17(14,15)16;/h7,9H,2-6H2,1H3,(H2,14,15,16);. The topological polar surface area (TPSA) is 61.2 Å². The Kier molecular flexibility index (Phi) is 4.04. The molecule has 0 heterocycles. The van der Waals surface area contributed by atoms with Crippen LogP contribution in [0, 0.1) is 11.7 Å². The summed E-state index contributed by atoms with van der Waals surface area (Å²) in [5, 5.41) is 0. The smallest absolute Gasteiger partial charge is 0.188 e. The molecule has 0 aliphatic heterocycles. The molecule has 3 rings (SSSR count). The van der Waals surface area contributed by atoms with E-state index in [2.05, 4.69) is 0 Å². The van der Waals surface area contributed by atoms with Gasteiger partial charge < -0.3 is 0 Å². The molecule has 0 spiro atoms. The zero-order chi connectivity index (χ0) is 12.2. The fourth-order valence-electron chi connectivity index (χ4n) is 3.60. The van der Waals surface area contributed by atoms with Crippen molar-refractivity contribution in [2.45, 2.75) is 49.8 Å². The summed E-state index contributed by atoms with van der Waals surface area (Å²) in [7, 11) is -3.59. The average molecular weight is 340 g/mol. The Morgan fingerprint density at radius 1 is 1.39 bits per heavy atom. The van der Waals surface area contributed by atoms with Crippen molar-refractivity contribution in [1.29, 1.82) is 4.78 Å². The first-order valence-electron chi connectivity index (χ1n) is 6.15. The molecule has 2 aliphatic rings. The Labute approximate surface area is 133 Å². The van der Waals surface area contributed by atoms with E-state index in [9.17, 15) is 8.76 Å². The monoisotopic (exact) mass is 340 g/mol. The minimum absolute atomic E-state index is 0. The van der Waals surface area contributed by atoms with Crippen molar-refractivity contribution in [2.75, 3.05) is 0 Å². The summed E-state index contributed by atoms with van der Waals surface area (Å²) in [6.07, 6.45) is 5.43. The van der Waals surface area contributed by atoms with Crippen LogP contribution in [0.2, 0.25) is 0 Å². The zero-order valence-corrected chi connectivity index (χ0v) is 14.2. The van der Waals surface area contributed by atoms with Crippen molar-refractivity contribution >= 4 is 10.0 Å². The molecule has 0 aromatic heterocycles. The van der Waals surface area contributed by atoms with Gasteiger partial charge in [0.25, 0.3) is 0 Å². The minimum Gasteiger partial charge on any atom is -0.297 e. The molecule has 2 atom stereocenters. The second-order valence-electron chi connectivity index (χ2n) is 5.23. The molecular formula is C13H17NO2SY. The number of hydrogen-bond donors (Lipinski definition) is 2. The second-order valence-corrected chi connectivity index (χ2v) is 6.69. The van der Waals surface area contributed by atoms with Crippen LogP contribution in [0.15, 0.2) is 11.0 Å². The van der Waals surface area contributed by atoms with Crippen LogP contribution in [0.1, 0.15) is 47.4 Å². The van der Waals surface area contributed by atoms with Crippen molar-refractivity contribution in [2.24, 2.45) is 0 Å². The number of rotatable bonds is 1. The first-order chi connectivity index (χ1) is 7.98. The molecule has 2 N–H and O–H groups in total. The molecule has 1 radical (unpaired) electrons. The molecule has 0 fully saturated rings. The largest absolute Gasteiger partial charge is 0.297 e. The number of benzene rings is 1. The summed E-state index contributed by atoms with van der Waals surface area (Å²) in [5.41, 5.74) is 4.51. The first-order valence-corrected chi connectivity index (χ1v) is 7.66. The Morgan fingerprint density at radius 2 is 2.11 bits per heavy atom. The van der Waals surface area contributed by atoms with E-state index < -0.39 is 10.0 Å². The third kappa shape index (κ3) is 2.22. The van der Waals surface area contributed by atoms with Gasteiger partial charge in [0, 0.05) is 32.7 Å². The SMILES string of the molecule is Cc1cc2c3c(c1S(=N)(=O)O)CCCC3CC2.[Y]. The van der Waals surface area contributed by atoms with Gasteiger partial charge in [-0.05, 0) is 67.2 Å². The fourth-order valence-corrected chi connectivity index (χ4v) is 4.64. The number of aryl methyl sites for hydroxylation is 2. The van der Waals surface area contributed by atoms with Gasteiger partial charge in [-0.15, -0.1) is 0 Å². The summed E-state index contributed by atoms with van der Waals surface area (Å²) in [5.74, 6) is 0.579. The summed E-state index contributed by atoms with van der Waals surface area (Å²) in [4.78, 5) is 0.405. The van der Waals surface area contributed by atoms with E-state index >= 15 is 0 Å². The molecule has 95 valence electrons. The van der Waals surface area contributed by atoms with E-state index in [4.69, 9.17) is 4.78 Å². The van der Waals surface area contributed by atoms with Crippen LogP contribution in [0.5, 0.6) is 0 Å². The quantitative estimate of drug-likeness (QED) is 0.824. The maximum Gasteiger partial charge on any atom is 0.188 e. The predicted octanol–water partition coefficient (Wildman–Crippen LogP) is 3.24. The van der Waals surface area contributed by atoms with Gasteiger partial charge in [-0.2, -0.15) is 0 Å². The van der Waals surface area contributed by atoms with E-state index in [0.29, 0.717) is 10.8 Å². The molecule has 3 nitrogen and oxygen atoms in total. The van der Waals surface area contributed by atoms with E-state index in [1.54, 1.807) is 0 Å². The Balaban J connectivity index is 0.00000120. The van der Waals surface area contributed by atoms with Gasteiger partial charge in [0.15, 0.2) is 10.0 Å². The second kappa shape index (κ2) is 4.97. The molecule has 0 amide bonds. The molecule has 1 aromatic carbocycles. The number of nitrogens with one attached hydrogen (secondary N) is 1. The van der Waals surface area contributed by atoms with E-state index in [0.717, 1.165) is 30.4 Å². The molecule has 2 aliphatic carbocycles. The van der Waals surface area contributed by atoms with Crippen molar-refractivity contribution in [1.82, 2.24) is 0 Å². The van der Waals surface area contributed by atoms with Crippen LogP contribution in [0.4, 0.5) is 0 Å². The van der Waals surface area contributed by atoms with Gasteiger partial charge >= 0.3 is 0 Å². The van der Waals surface area contributed by atoms with Gasteiger partial charge in [-0.25, -0.2) is 8.99 Å². The molecule has 18 heavy (non-hydrogen) atoms. The van der Waals surface area contributed by atoms with Crippen LogP contribution in [-0.4, -0.2) is 8.76 Å². The molecule has 1 aromatic rings. The molecule has 0 saturated heterocycles. The maximum atomic E-state index is 11.7. The maximum absolute atomic E-state index is 11.7. The van der Waals surface area contributed by atoms with Crippen molar-refractivity contribution in [3.05, 3.63) is 28.3 Å². The van der Waals surface area contributed by atoms with Crippen molar-refractivity contribution in [3.63, 3.8) is 0 Å². The molecule has 2 unspecified atom stereocenters. The van der Waals surface area contributed by atoms with Crippen molar-refractivity contribution < 1.29 is 41.5 Å². The van der Waals surface area contributed by atoms with Gasteiger partial charge in [0.05, 0.1) is 4.90 Å². The Bertz CT molecular complexity index is 595. The molecular weight excluding hydrogens is 323 g/mol. The molecule has 0 saturated carbocycles. The van der Waals surface area contributed by atoms with Crippen LogP contribution >= 0.6 is 0 Å². The van der Waals surface area contributed by atoms with E-state index in [1.807, 2.05) is 13.0 Å². The summed E-state index contributed by atoms with van der Waals surface area (Å²) in [6.45, 7) is 1.86. The van der Waals surface area contributed by atoms with Gasteiger partial charge in [-0.3, -0.25) is 4.55 Å². The van der Waals surface area contributed by atoms with E-state index in [-0.39, 0.29) is 32.7 Å². The predicted molar refractivity (Wildman–Crippen MR) is 66.9 cm³/mol. The van der Waals surface area contributed by atoms with Crippen molar-refractivity contribution in [3.8, 4) is 0 Å². The summed E-state index contributed by atoms with van der Waals surface area (Å²) >= 11 is 0. The summed E-state index contributed by atoms with van der Waals surface area (Å²) < 4.78 is 28.9. The molecule has 0 bridgehead atoms. The zero-order valence-electron chi connectivity index (χ0n) is 10.5. The minimum atomic E-state index is -3.59. The third-order valence-electron chi connectivity index (χ3n) is 4.12. The van der Waals surface area contributed by atoms with Crippen LogP contribution in [0.3, 0.4) is 0 Å². The van der Waals surface area contributed by atoms with E-state index in [1.165, 1.54) is 24.0 Å². The average Bonchev–Trinajstić information content (AvgIpc) is 2.61. The summed E-state index contributed by atoms with van der Waals surface area (Å²) in [6, 6.07) is 2.03. The van der Waals surface area contributed by atoms with Crippen LogP contribution < -0.4 is 0 Å². The Hall–Kier alpha value is 0.234. The van der Waals surface area contributed by atoms with Gasteiger partial charge in [-0.1, -0.05) is 6.07 Å². The number of hydrogen-bond acceptors (Lipinski definition) is 2. The van der Waals surface area contributed by atoms with Crippen LogP contribution in [-0.2, 0) is 55.6 Å². The first kappa shape index (κ1) is 14.6. The Morgan fingerprint density at radius 3 is 2.78 bits per heavy atom. The van der Waals surface area contributed by atoms with Crippen LogP contribution in [0.25, 0.3) is 0 Å². The van der Waals surface area contributed by atoms with Gasteiger partial charge in [0.1, 0.15) is 0 Å².